The van der Waals surface area contributed by atoms with Crippen molar-refractivity contribution < 1.29 is 10.2 Å². The lowest BCUT2D eigenvalue weighted by Gasteiger charge is -2.33. The number of nitrogens with one attached hydrogen (secondary N) is 1. The van der Waals surface area contributed by atoms with Crippen LogP contribution in [0, 0.1) is 0 Å². The van der Waals surface area contributed by atoms with Crippen molar-refractivity contribution in [2.24, 2.45) is 0 Å². The van der Waals surface area contributed by atoms with Crippen LogP contribution in [0.3, 0.4) is 0 Å². The number of aryl methyl sites for hydroxylation is 2. The zero-order chi connectivity index (χ0) is 13.9. The number of thiophene rings is 1. The second kappa shape index (κ2) is 6.35. The number of aliphatic hydroxyl groups is 2. The van der Waals surface area contributed by atoms with Gasteiger partial charge in [0, 0.05) is 15.8 Å². The predicted molar refractivity (Wildman–Crippen MR) is 79.7 cm³/mol. The molecule has 3 N–H and O–H groups in total. The van der Waals surface area contributed by atoms with Gasteiger partial charge < -0.3 is 10.2 Å². The van der Waals surface area contributed by atoms with E-state index in [0.29, 0.717) is 0 Å². The van der Waals surface area contributed by atoms with E-state index in [9.17, 15) is 10.2 Å². The van der Waals surface area contributed by atoms with Gasteiger partial charge in [-0.1, -0.05) is 6.92 Å². The summed E-state index contributed by atoms with van der Waals surface area (Å²) in [5.74, 6) is 0. The van der Waals surface area contributed by atoms with Gasteiger partial charge in [0.1, 0.15) is 0 Å². The first-order chi connectivity index (χ1) is 9.14. The number of aliphatic hydroxyl groups excluding tert-OH is 2. The van der Waals surface area contributed by atoms with Crippen molar-refractivity contribution in [3.63, 3.8) is 0 Å². The van der Waals surface area contributed by atoms with Crippen LogP contribution >= 0.6 is 11.3 Å². The lowest BCUT2D eigenvalue weighted by Crippen LogP contribution is -2.51. The van der Waals surface area contributed by atoms with Crippen molar-refractivity contribution in [1.29, 1.82) is 0 Å². The Labute approximate surface area is 119 Å². The number of hydrogen-bond acceptors (Lipinski definition) is 4. The Hall–Kier alpha value is -0.420. The van der Waals surface area contributed by atoms with E-state index < -0.39 is 5.54 Å². The van der Waals surface area contributed by atoms with E-state index in [0.717, 1.165) is 6.42 Å². The van der Waals surface area contributed by atoms with Crippen LogP contribution in [0.1, 0.15) is 54.5 Å². The van der Waals surface area contributed by atoms with Crippen LogP contribution in [-0.2, 0) is 12.8 Å². The molecule has 0 saturated heterocycles. The highest BCUT2D eigenvalue weighted by Crippen LogP contribution is 2.33. The highest BCUT2D eigenvalue weighted by atomic mass is 32.1. The van der Waals surface area contributed by atoms with E-state index in [1.54, 1.807) is 0 Å². The molecule has 0 fully saturated rings. The fourth-order valence-corrected chi connectivity index (χ4v) is 3.98. The maximum absolute atomic E-state index is 9.52. The Balaban J connectivity index is 2.10. The molecule has 1 aliphatic rings. The van der Waals surface area contributed by atoms with E-state index in [1.807, 2.05) is 18.3 Å². The summed E-state index contributed by atoms with van der Waals surface area (Å²) in [6.45, 7) is 4.05. The van der Waals surface area contributed by atoms with Gasteiger partial charge in [0.25, 0.3) is 0 Å². The first kappa shape index (κ1) is 15.0. The smallest absolute Gasteiger partial charge is 0.0650 e. The topological polar surface area (TPSA) is 52.5 Å². The molecule has 1 atom stereocenters. The molecule has 0 saturated carbocycles. The van der Waals surface area contributed by atoms with Gasteiger partial charge in [-0.05, 0) is 50.7 Å². The molecule has 0 spiro atoms. The molecule has 0 aliphatic heterocycles. The Bertz CT molecular complexity index is 381. The van der Waals surface area contributed by atoms with Gasteiger partial charge in [-0.3, -0.25) is 5.32 Å². The molecule has 4 heteroatoms. The predicted octanol–water partition coefficient (Wildman–Crippen LogP) is 2.41. The quantitative estimate of drug-likeness (QED) is 0.751. The Morgan fingerprint density at radius 3 is 2.58 bits per heavy atom. The van der Waals surface area contributed by atoms with E-state index in [2.05, 4.69) is 18.3 Å². The van der Waals surface area contributed by atoms with E-state index in [-0.39, 0.29) is 19.3 Å². The third-order valence-electron chi connectivity index (χ3n) is 4.25. The molecule has 1 unspecified atom stereocenters. The normalized spacial score (nSPS) is 17.3. The minimum Gasteiger partial charge on any atom is -0.394 e. The lowest BCUT2D eigenvalue weighted by molar-refractivity contribution is 0.0796. The maximum atomic E-state index is 9.52. The van der Waals surface area contributed by atoms with Crippen molar-refractivity contribution in [1.82, 2.24) is 5.32 Å². The third kappa shape index (κ3) is 3.19. The second-order valence-corrected chi connectivity index (χ2v) is 6.79. The van der Waals surface area contributed by atoms with Gasteiger partial charge in [0.15, 0.2) is 0 Å². The molecule has 0 amide bonds. The summed E-state index contributed by atoms with van der Waals surface area (Å²) in [4.78, 5) is 2.86. The molecule has 1 aromatic heterocycles. The highest BCUT2D eigenvalue weighted by molar-refractivity contribution is 7.12. The highest BCUT2D eigenvalue weighted by Gasteiger charge is 2.29. The summed E-state index contributed by atoms with van der Waals surface area (Å²) >= 11 is 1.89. The molecule has 0 aromatic carbocycles. The fraction of sp³-hybridized carbons (Fsp3) is 0.733. The molecular weight excluding hydrogens is 258 g/mol. The van der Waals surface area contributed by atoms with Gasteiger partial charge in [-0.15, -0.1) is 11.3 Å². The molecule has 19 heavy (non-hydrogen) atoms. The average molecular weight is 283 g/mol. The molecule has 1 heterocycles. The van der Waals surface area contributed by atoms with Gasteiger partial charge in [-0.25, -0.2) is 0 Å². The van der Waals surface area contributed by atoms with Gasteiger partial charge in [-0.2, -0.15) is 0 Å². The van der Waals surface area contributed by atoms with Gasteiger partial charge >= 0.3 is 0 Å². The molecular formula is C15H25NO2S. The van der Waals surface area contributed by atoms with Crippen LogP contribution in [-0.4, -0.2) is 29.0 Å². The molecule has 0 radical (unpaired) electrons. The summed E-state index contributed by atoms with van der Waals surface area (Å²) < 4.78 is 0. The Morgan fingerprint density at radius 1 is 1.32 bits per heavy atom. The molecule has 0 bridgehead atoms. The summed E-state index contributed by atoms with van der Waals surface area (Å²) in [6, 6.07) is 2.49. The molecule has 108 valence electrons. The number of hydrogen-bond donors (Lipinski definition) is 3. The van der Waals surface area contributed by atoms with E-state index >= 15 is 0 Å². The maximum Gasteiger partial charge on any atom is 0.0650 e. The third-order valence-corrected chi connectivity index (χ3v) is 5.67. The van der Waals surface area contributed by atoms with Crippen molar-refractivity contribution in [3.05, 3.63) is 21.4 Å². The number of fused-ring (bicyclic) bond motifs is 1. The van der Waals surface area contributed by atoms with Crippen molar-refractivity contribution in [3.8, 4) is 0 Å². The minimum absolute atomic E-state index is 0.0323. The molecule has 1 aliphatic carbocycles. The Morgan fingerprint density at radius 2 is 2.00 bits per heavy atom. The zero-order valence-electron chi connectivity index (χ0n) is 11.9. The van der Waals surface area contributed by atoms with Gasteiger partial charge in [0.2, 0.25) is 0 Å². The average Bonchev–Trinajstić information content (AvgIpc) is 2.89. The molecule has 3 nitrogen and oxygen atoms in total. The lowest BCUT2D eigenvalue weighted by atomic mass is 9.96. The van der Waals surface area contributed by atoms with E-state index in [1.165, 1.54) is 41.0 Å². The largest absolute Gasteiger partial charge is 0.394 e. The van der Waals surface area contributed by atoms with Crippen molar-refractivity contribution in [2.45, 2.75) is 57.5 Å². The first-order valence-electron chi connectivity index (χ1n) is 7.25. The van der Waals surface area contributed by atoms with Crippen LogP contribution in [0.4, 0.5) is 0 Å². The van der Waals surface area contributed by atoms with Gasteiger partial charge in [0.05, 0.1) is 18.8 Å². The van der Waals surface area contributed by atoms with Crippen LogP contribution in [0.15, 0.2) is 6.07 Å². The van der Waals surface area contributed by atoms with Crippen LogP contribution in [0.5, 0.6) is 0 Å². The summed E-state index contributed by atoms with van der Waals surface area (Å²) in [7, 11) is 0. The summed E-state index contributed by atoms with van der Waals surface area (Å²) in [5.41, 5.74) is 0.944. The zero-order valence-corrected chi connectivity index (χ0v) is 12.7. The van der Waals surface area contributed by atoms with E-state index in [4.69, 9.17) is 0 Å². The monoisotopic (exact) mass is 283 g/mol. The van der Waals surface area contributed by atoms with Crippen LogP contribution in [0.2, 0.25) is 0 Å². The van der Waals surface area contributed by atoms with Crippen molar-refractivity contribution >= 4 is 11.3 Å². The fourth-order valence-electron chi connectivity index (χ4n) is 2.72. The summed E-state index contributed by atoms with van der Waals surface area (Å²) in [6.07, 6.45) is 5.75. The number of rotatable bonds is 6. The minimum atomic E-state index is -0.566. The van der Waals surface area contributed by atoms with Crippen LogP contribution < -0.4 is 5.32 Å². The standard InChI is InChI=1S/C15H25NO2S/c1-3-15(9-17,10-18)16-11(2)14-8-12-6-4-5-7-13(12)19-14/h8,11,16-18H,3-7,9-10H2,1-2H3. The molecule has 1 aromatic rings. The first-order valence-corrected chi connectivity index (χ1v) is 8.06. The molecule has 2 rings (SSSR count). The Kier molecular flexibility index (Phi) is 5.01. The second-order valence-electron chi connectivity index (χ2n) is 5.62. The summed E-state index contributed by atoms with van der Waals surface area (Å²) in [5, 5.41) is 22.4. The van der Waals surface area contributed by atoms with Crippen molar-refractivity contribution in [2.75, 3.05) is 13.2 Å². The SMILES string of the molecule is CCC(CO)(CO)NC(C)c1cc2c(s1)CCCC2. The van der Waals surface area contributed by atoms with Crippen LogP contribution in [0.25, 0.3) is 0 Å².